The van der Waals surface area contributed by atoms with E-state index in [-0.39, 0.29) is 0 Å². The molecule has 0 saturated carbocycles. The SMILES string of the molecule is Cc1cc(Nc2nccc3nc(-c4cc(Cl)ccc4Cl)[nH]c23)ncn1. The molecule has 4 aromatic rings. The lowest BCUT2D eigenvalue weighted by molar-refractivity contribution is 1.10. The van der Waals surface area contributed by atoms with Crippen LogP contribution in [0.15, 0.2) is 42.9 Å². The standard InChI is InChI=1S/C17H12Cl2N6/c1-9-6-14(22-8-21-9)24-17-15-13(4-5-20-17)23-16(25-15)11-7-10(18)2-3-12(11)19/h2-8H,1H3,(H,23,25)(H,20,21,22,24). The third-order valence-electron chi connectivity index (χ3n) is 3.64. The summed E-state index contributed by atoms with van der Waals surface area (Å²) in [6.45, 7) is 1.90. The third-order valence-corrected chi connectivity index (χ3v) is 4.20. The summed E-state index contributed by atoms with van der Waals surface area (Å²) in [6, 6.07) is 8.92. The van der Waals surface area contributed by atoms with Gasteiger partial charge in [-0.1, -0.05) is 23.2 Å². The molecule has 0 amide bonds. The van der Waals surface area contributed by atoms with Crippen LogP contribution in [0.5, 0.6) is 0 Å². The number of halogens is 2. The van der Waals surface area contributed by atoms with Gasteiger partial charge in [-0.25, -0.2) is 19.9 Å². The number of rotatable bonds is 3. The van der Waals surface area contributed by atoms with Crippen molar-refractivity contribution < 1.29 is 0 Å². The van der Waals surface area contributed by atoms with Gasteiger partial charge < -0.3 is 10.3 Å². The van der Waals surface area contributed by atoms with Crippen molar-refractivity contribution in [2.24, 2.45) is 0 Å². The summed E-state index contributed by atoms with van der Waals surface area (Å²) in [5, 5.41) is 4.34. The lowest BCUT2D eigenvalue weighted by Crippen LogP contribution is -1.98. The number of aromatic nitrogens is 5. The quantitative estimate of drug-likeness (QED) is 0.542. The van der Waals surface area contributed by atoms with Crippen molar-refractivity contribution in [3.63, 3.8) is 0 Å². The number of anilines is 2. The van der Waals surface area contributed by atoms with E-state index in [1.165, 1.54) is 6.33 Å². The van der Waals surface area contributed by atoms with E-state index in [0.29, 0.717) is 27.5 Å². The Balaban J connectivity index is 1.80. The van der Waals surface area contributed by atoms with Gasteiger partial charge in [0.2, 0.25) is 0 Å². The fraction of sp³-hybridized carbons (Fsp3) is 0.0588. The van der Waals surface area contributed by atoms with E-state index in [1.54, 1.807) is 24.4 Å². The van der Waals surface area contributed by atoms with Crippen molar-refractivity contribution in [3.05, 3.63) is 58.6 Å². The molecule has 0 bridgehead atoms. The Morgan fingerprint density at radius 3 is 2.76 bits per heavy atom. The monoisotopic (exact) mass is 370 g/mol. The molecule has 0 radical (unpaired) electrons. The second-order valence-corrected chi connectivity index (χ2v) is 6.28. The minimum Gasteiger partial charge on any atom is -0.335 e. The highest BCUT2D eigenvalue weighted by atomic mass is 35.5. The first-order valence-corrected chi connectivity index (χ1v) is 8.21. The van der Waals surface area contributed by atoms with E-state index in [1.807, 2.05) is 19.1 Å². The molecule has 0 aliphatic carbocycles. The van der Waals surface area contributed by atoms with Gasteiger partial charge >= 0.3 is 0 Å². The van der Waals surface area contributed by atoms with Gasteiger partial charge in [-0.3, -0.25) is 0 Å². The van der Waals surface area contributed by atoms with E-state index >= 15 is 0 Å². The number of hydrogen-bond donors (Lipinski definition) is 2. The average Bonchev–Trinajstić information content (AvgIpc) is 3.02. The molecule has 3 aromatic heterocycles. The minimum absolute atomic E-state index is 0.567. The Morgan fingerprint density at radius 1 is 1.04 bits per heavy atom. The van der Waals surface area contributed by atoms with Crippen molar-refractivity contribution in [3.8, 4) is 11.4 Å². The smallest absolute Gasteiger partial charge is 0.157 e. The molecule has 4 rings (SSSR count). The first-order valence-electron chi connectivity index (χ1n) is 7.46. The van der Waals surface area contributed by atoms with E-state index in [9.17, 15) is 0 Å². The Morgan fingerprint density at radius 2 is 1.92 bits per heavy atom. The number of pyridine rings is 1. The highest BCUT2D eigenvalue weighted by Gasteiger charge is 2.13. The molecule has 8 heteroatoms. The highest BCUT2D eigenvalue weighted by Crippen LogP contribution is 2.31. The number of fused-ring (bicyclic) bond motifs is 1. The topological polar surface area (TPSA) is 79.4 Å². The van der Waals surface area contributed by atoms with E-state index in [4.69, 9.17) is 23.2 Å². The first kappa shape index (κ1) is 15.8. The molecule has 3 heterocycles. The highest BCUT2D eigenvalue weighted by molar-refractivity contribution is 6.35. The summed E-state index contributed by atoms with van der Waals surface area (Å²) in [7, 11) is 0. The van der Waals surface area contributed by atoms with Crippen LogP contribution in [0.1, 0.15) is 5.69 Å². The molecule has 0 fully saturated rings. The zero-order chi connectivity index (χ0) is 17.4. The van der Waals surface area contributed by atoms with Crippen LogP contribution in [0.2, 0.25) is 10.0 Å². The minimum atomic E-state index is 0.567. The lowest BCUT2D eigenvalue weighted by atomic mass is 10.2. The maximum atomic E-state index is 6.28. The van der Waals surface area contributed by atoms with Crippen LogP contribution in [0.4, 0.5) is 11.6 Å². The van der Waals surface area contributed by atoms with Crippen LogP contribution in [0, 0.1) is 6.92 Å². The lowest BCUT2D eigenvalue weighted by Gasteiger charge is -2.05. The van der Waals surface area contributed by atoms with Crippen LogP contribution in [0.3, 0.4) is 0 Å². The summed E-state index contributed by atoms with van der Waals surface area (Å²) in [5.74, 6) is 1.90. The van der Waals surface area contributed by atoms with Crippen molar-refractivity contribution in [2.45, 2.75) is 6.92 Å². The molecular weight excluding hydrogens is 359 g/mol. The maximum absolute atomic E-state index is 6.28. The maximum Gasteiger partial charge on any atom is 0.157 e. The van der Waals surface area contributed by atoms with Crippen LogP contribution >= 0.6 is 23.2 Å². The first-order chi connectivity index (χ1) is 12.1. The molecule has 2 N–H and O–H groups in total. The predicted molar refractivity (Wildman–Crippen MR) is 99.4 cm³/mol. The molecule has 6 nitrogen and oxygen atoms in total. The Labute approximate surface area is 153 Å². The van der Waals surface area contributed by atoms with Crippen molar-refractivity contribution in [1.82, 2.24) is 24.9 Å². The number of nitrogens with zero attached hydrogens (tertiary/aromatic N) is 4. The number of benzene rings is 1. The van der Waals surface area contributed by atoms with Crippen molar-refractivity contribution >= 4 is 45.9 Å². The van der Waals surface area contributed by atoms with Crippen LogP contribution in [0.25, 0.3) is 22.4 Å². The molecule has 0 atom stereocenters. The van der Waals surface area contributed by atoms with Gasteiger partial charge in [0.25, 0.3) is 0 Å². The molecular formula is C17H12Cl2N6. The van der Waals surface area contributed by atoms with E-state index in [2.05, 4.69) is 30.2 Å². The normalized spacial score (nSPS) is 11.0. The number of H-pyrrole nitrogens is 1. The number of aryl methyl sites for hydroxylation is 1. The Hall–Kier alpha value is -2.70. The number of aromatic amines is 1. The Kier molecular flexibility index (Phi) is 3.99. The van der Waals surface area contributed by atoms with E-state index in [0.717, 1.165) is 22.3 Å². The van der Waals surface area contributed by atoms with Crippen molar-refractivity contribution in [1.29, 1.82) is 0 Å². The fourth-order valence-electron chi connectivity index (χ4n) is 2.48. The second kappa shape index (κ2) is 6.31. The fourth-order valence-corrected chi connectivity index (χ4v) is 2.86. The second-order valence-electron chi connectivity index (χ2n) is 5.43. The van der Waals surface area contributed by atoms with Gasteiger partial charge in [0.1, 0.15) is 23.5 Å². The summed E-state index contributed by atoms with van der Waals surface area (Å²) in [5.41, 5.74) is 3.11. The van der Waals surface area contributed by atoms with Gasteiger partial charge in [-0.15, -0.1) is 0 Å². The predicted octanol–water partition coefficient (Wildman–Crippen LogP) is 4.77. The van der Waals surface area contributed by atoms with E-state index < -0.39 is 0 Å². The van der Waals surface area contributed by atoms with Crippen LogP contribution in [-0.2, 0) is 0 Å². The summed E-state index contributed by atoms with van der Waals surface area (Å²) >= 11 is 12.4. The summed E-state index contributed by atoms with van der Waals surface area (Å²) in [6.07, 6.45) is 3.19. The van der Waals surface area contributed by atoms with Crippen LogP contribution in [-0.4, -0.2) is 24.9 Å². The zero-order valence-corrected chi connectivity index (χ0v) is 14.6. The summed E-state index contributed by atoms with van der Waals surface area (Å²) in [4.78, 5) is 20.5. The van der Waals surface area contributed by atoms with Gasteiger partial charge in [-0.05, 0) is 31.2 Å². The van der Waals surface area contributed by atoms with Crippen molar-refractivity contribution in [2.75, 3.05) is 5.32 Å². The zero-order valence-electron chi connectivity index (χ0n) is 13.1. The average molecular weight is 371 g/mol. The van der Waals surface area contributed by atoms with Gasteiger partial charge in [-0.2, -0.15) is 0 Å². The largest absolute Gasteiger partial charge is 0.335 e. The summed E-state index contributed by atoms with van der Waals surface area (Å²) < 4.78 is 0. The molecule has 1 aromatic carbocycles. The molecule has 0 spiro atoms. The third kappa shape index (κ3) is 3.14. The molecule has 0 saturated heterocycles. The van der Waals surface area contributed by atoms with Crippen LogP contribution < -0.4 is 5.32 Å². The van der Waals surface area contributed by atoms with Gasteiger partial charge in [0.15, 0.2) is 5.82 Å². The number of hydrogen-bond acceptors (Lipinski definition) is 5. The van der Waals surface area contributed by atoms with Gasteiger partial charge in [0.05, 0.1) is 10.5 Å². The molecule has 25 heavy (non-hydrogen) atoms. The molecule has 0 aliphatic heterocycles. The molecule has 0 unspecified atom stereocenters. The Bertz CT molecular complexity index is 1080. The van der Waals surface area contributed by atoms with Gasteiger partial charge in [0, 0.05) is 28.5 Å². The molecule has 0 aliphatic rings. The number of imidazole rings is 1. The molecule has 124 valence electrons. The number of nitrogens with one attached hydrogen (secondary N) is 2.